The number of fused-ring (bicyclic) bond motifs is 3. The van der Waals surface area contributed by atoms with Crippen molar-refractivity contribution in [1.29, 1.82) is 0 Å². The molecule has 3 nitrogen and oxygen atoms in total. The van der Waals surface area contributed by atoms with Crippen molar-refractivity contribution in [2.45, 2.75) is 52.9 Å². The zero-order chi connectivity index (χ0) is 22.4. The van der Waals surface area contributed by atoms with Crippen LogP contribution in [-0.4, -0.2) is 37.2 Å². The van der Waals surface area contributed by atoms with Crippen molar-refractivity contribution in [3.8, 4) is 0 Å². The maximum atomic E-state index is 8.66. The molecular weight excluding hydrogens is 541 g/mol. The summed E-state index contributed by atoms with van der Waals surface area (Å²) < 4.78 is 0. The van der Waals surface area contributed by atoms with E-state index < -0.39 is 8.32 Å². The van der Waals surface area contributed by atoms with E-state index in [9.17, 15) is 0 Å². The predicted molar refractivity (Wildman–Crippen MR) is 146 cm³/mol. The normalized spacial score (nSPS) is 9.19. The Morgan fingerprint density at radius 3 is 1.32 bits per heavy atom. The molecule has 0 amide bonds. The average Bonchev–Trinajstić information content (AvgIpc) is 2.93. The largest absolute Gasteiger partial charge is 0.126 e. The summed E-state index contributed by atoms with van der Waals surface area (Å²) in [6, 6.07) is 19.3. The first-order valence-electron chi connectivity index (χ1n) is 9.23. The van der Waals surface area contributed by atoms with E-state index in [4.69, 9.17) is 15.6 Å². The first kappa shape index (κ1) is 41.4. The molecule has 0 unspecified atom stereocenters. The summed E-state index contributed by atoms with van der Waals surface area (Å²) in [6.07, 6.45) is 0. The Balaban J connectivity index is -0.000000108. The van der Waals surface area contributed by atoms with Crippen LogP contribution in [0, 0.1) is 7.43 Å². The summed E-state index contributed by atoms with van der Waals surface area (Å²) in [5.41, 5.74) is 6.69. The Morgan fingerprint density at radius 2 is 1.10 bits per heavy atom. The Hall–Kier alpha value is 0.0869. The average molecular weight is 581 g/mol. The van der Waals surface area contributed by atoms with Crippen molar-refractivity contribution >= 4 is 61.6 Å². The molecule has 8 heteroatoms. The molecule has 2 radical (unpaired) electrons. The van der Waals surface area contributed by atoms with E-state index in [1.54, 1.807) is 6.92 Å². The number of rotatable bonds is 0. The minimum atomic E-state index is -1.61. The Morgan fingerprint density at radius 1 is 0.903 bits per heavy atom. The van der Waals surface area contributed by atoms with Crippen molar-refractivity contribution in [3.63, 3.8) is 0 Å². The summed E-state index contributed by atoms with van der Waals surface area (Å²) >= 11 is 1.36. The Labute approximate surface area is 220 Å². The third-order valence-corrected chi connectivity index (χ3v) is 2.52. The fourth-order valence-electron chi connectivity index (χ4n) is 1.90. The van der Waals surface area contributed by atoms with Gasteiger partial charge in [0, 0.05) is 6.61 Å². The number of benzene rings is 2. The number of hydrogen-bond donors (Lipinski definition) is 2. The molecule has 0 aliphatic heterocycles. The van der Waals surface area contributed by atoms with Crippen LogP contribution in [0.2, 0.25) is 19.6 Å². The molecule has 3 N–H and O–H groups in total. The van der Waals surface area contributed by atoms with Crippen molar-refractivity contribution in [1.82, 2.24) is 0 Å². The number of hydrogen-bond acceptors (Lipinski definition) is 2. The molecule has 31 heavy (non-hydrogen) atoms. The summed E-state index contributed by atoms with van der Waals surface area (Å²) in [5.74, 6) is 0. The second-order valence-electron chi connectivity index (χ2n) is 8.06. The molecule has 0 spiro atoms. The van der Waals surface area contributed by atoms with Crippen LogP contribution in [-0.2, 0) is 23.3 Å². The molecule has 0 bridgehead atoms. The van der Waals surface area contributed by atoms with Crippen molar-refractivity contribution in [2.24, 2.45) is 0 Å². The van der Waals surface area contributed by atoms with E-state index in [1.165, 1.54) is 44.9 Å². The first-order chi connectivity index (χ1) is 12.9. The van der Waals surface area contributed by atoms with E-state index >= 15 is 0 Å². The Kier molecular flexibility index (Phi) is 29.2. The van der Waals surface area contributed by atoms with E-state index in [0.717, 1.165) is 0 Å². The molecule has 0 fully saturated rings. The van der Waals surface area contributed by atoms with Crippen molar-refractivity contribution < 1.29 is 33.2 Å². The van der Waals surface area contributed by atoms with Crippen LogP contribution in [0.4, 0.5) is 0 Å². The molecule has 0 aromatic heterocycles. The SMILES string of the molecule is CC(C)(C)[NH-].CCO.C[Si](C)(C)O.Cl.Cl.[CH3-].[Si]=[Zr].c1ccc2c(c1)[cH-]c1ccccc12. The van der Waals surface area contributed by atoms with Gasteiger partial charge in [-0.05, 0) is 26.6 Å². The van der Waals surface area contributed by atoms with Crippen LogP contribution in [0.1, 0.15) is 27.7 Å². The van der Waals surface area contributed by atoms with Gasteiger partial charge in [-0.3, -0.25) is 0 Å². The Bertz CT molecular complexity index is 714. The molecule has 0 aliphatic carbocycles. The van der Waals surface area contributed by atoms with Crippen molar-refractivity contribution in [2.75, 3.05) is 6.61 Å². The molecule has 178 valence electrons. The molecular formula is C23H40Cl2NO2Si2Zr-3. The number of aliphatic hydroxyl groups excluding tert-OH is 1. The topological polar surface area (TPSA) is 64.3 Å². The van der Waals surface area contributed by atoms with Crippen LogP contribution < -0.4 is 0 Å². The molecule has 0 atom stereocenters. The number of halogens is 2. The third-order valence-electron chi connectivity index (χ3n) is 2.52. The standard InChI is InChI=1S/C13H9.C4H10N.C3H10OSi.C2H6O.CH3.2ClH.Si.Zr/c1-3-7-12-10(5-1)9-11-6-2-4-8-13(11)12;1-4(2,3)5;1-5(2,3)4;1-2-3;;;;;/h1-9H;5H,1-3H3;4H,1-3H3;3H,2H2,1H3;1H3;2*1H;;/q2*-1;;;-1;;;;. The van der Waals surface area contributed by atoms with Crippen LogP contribution >= 0.6 is 24.8 Å². The van der Waals surface area contributed by atoms with Gasteiger partial charge >= 0.3 is 30.2 Å². The minimum absolute atomic E-state index is 0. The summed E-state index contributed by atoms with van der Waals surface area (Å²) in [4.78, 5) is 8.66. The van der Waals surface area contributed by atoms with Gasteiger partial charge in [-0.15, -0.1) is 70.1 Å². The van der Waals surface area contributed by atoms with Crippen LogP contribution in [0.3, 0.4) is 0 Å². The maximum absolute atomic E-state index is 8.66. The summed E-state index contributed by atoms with van der Waals surface area (Å²) in [6.45, 7) is 16.2. The van der Waals surface area contributed by atoms with E-state index in [2.05, 4.69) is 61.5 Å². The zero-order valence-electron chi connectivity index (χ0n) is 20.1. The summed E-state index contributed by atoms with van der Waals surface area (Å²) in [7, 11) is -1.61. The second-order valence-corrected chi connectivity index (χ2v) is 12.4. The molecule has 0 saturated heterocycles. The molecule has 3 rings (SSSR count). The zero-order valence-corrected chi connectivity index (χ0v) is 26.2. The fraction of sp³-hybridized carbons (Fsp3) is 0.391. The number of nitrogens with one attached hydrogen (secondary N) is 1. The van der Waals surface area contributed by atoms with E-state index in [-0.39, 0.29) is 44.4 Å². The van der Waals surface area contributed by atoms with Crippen LogP contribution in [0.5, 0.6) is 0 Å². The van der Waals surface area contributed by atoms with Gasteiger partial charge in [-0.1, -0.05) is 57.2 Å². The molecule has 0 aliphatic rings. The van der Waals surface area contributed by atoms with Gasteiger partial charge in [0.2, 0.25) is 0 Å². The van der Waals surface area contributed by atoms with Gasteiger partial charge in [0.25, 0.3) is 0 Å². The molecule has 3 aromatic carbocycles. The molecule has 3 aromatic rings. The van der Waals surface area contributed by atoms with Gasteiger partial charge in [0.05, 0.1) is 0 Å². The molecule has 0 heterocycles. The summed E-state index contributed by atoms with van der Waals surface area (Å²) in [5, 5.41) is 13.0. The quantitative estimate of drug-likeness (QED) is 0.217. The first-order valence-corrected chi connectivity index (χ1v) is 16.9. The second kappa shape index (κ2) is 21.9. The minimum Gasteiger partial charge on any atom is -0.126 e. The molecule has 0 saturated carbocycles. The van der Waals surface area contributed by atoms with Gasteiger partial charge in [-0.25, -0.2) is 0 Å². The monoisotopic (exact) mass is 578 g/mol. The van der Waals surface area contributed by atoms with Gasteiger partial charge in [0.1, 0.15) is 0 Å². The predicted octanol–water partition coefficient (Wildman–Crippen LogP) is 7.27. The number of aliphatic hydroxyl groups is 1. The smallest absolute Gasteiger partial charge is 0.0771 e. The fourth-order valence-corrected chi connectivity index (χ4v) is 1.90. The third kappa shape index (κ3) is 26.2. The van der Waals surface area contributed by atoms with E-state index in [1.807, 2.05) is 40.4 Å². The van der Waals surface area contributed by atoms with E-state index in [0.29, 0.717) is 0 Å². The van der Waals surface area contributed by atoms with Crippen LogP contribution in [0.25, 0.3) is 27.3 Å². The maximum Gasteiger partial charge on any atom is -0.0771 e. The van der Waals surface area contributed by atoms with Gasteiger partial charge in [-0.2, -0.15) is 0 Å². The van der Waals surface area contributed by atoms with Gasteiger partial charge < -0.3 is 23.1 Å². The van der Waals surface area contributed by atoms with Gasteiger partial charge in [0.15, 0.2) is 8.32 Å². The van der Waals surface area contributed by atoms with Crippen LogP contribution in [0.15, 0.2) is 54.6 Å². The van der Waals surface area contributed by atoms with Crippen molar-refractivity contribution in [3.05, 3.63) is 67.8 Å².